The summed E-state index contributed by atoms with van der Waals surface area (Å²) in [6, 6.07) is 16.1. The summed E-state index contributed by atoms with van der Waals surface area (Å²) in [6.45, 7) is 6.56. The van der Waals surface area contributed by atoms with Crippen LogP contribution in [0.25, 0.3) is 0 Å². The van der Waals surface area contributed by atoms with Crippen molar-refractivity contribution in [3.8, 4) is 12.1 Å². The number of nitriles is 2. The Morgan fingerprint density at radius 2 is 1.86 bits per heavy atom. The summed E-state index contributed by atoms with van der Waals surface area (Å²) in [7, 11) is 3.88. The lowest BCUT2D eigenvalue weighted by atomic mass is 9.95. The number of nitrogens with one attached hydrogen (secondary N) is 3. The van der Waals surface area contributed by atoms with Gasteiger partial charge in [0.25, 0.3) is 0 Å². The number of hydrogen-bond donors (Lipinski definition) is 3. The molecule has 2 aromatic carbocycles. The molecule has 3 rings (SSSR count). The van der Waals surface area contributed by atoms with E-state index in [0.29, 0.717) is 29.0 Å². The predicted molar refractivity (Wildman–Crippen MR) is 142 cm³/mol. The largest absolute Gasteiger partial charge is 0.383 e. The molecule has 0 fully saturated rings. The van der Waals surface area contributed by atoms with E-state index in [2.05, 4.69) is 28.1 Å². The van der Waals surface area contributed by atoms with Gasteiger partial charge in [-0.05, 0) is 55.3 Å². The van der Waals surface area contributed by atoms with E-state index in [9.17, 15) is 10.1 Å². The summed E-state index contributed by atoms with van der Waals surface area (Å²) in [4.78, 5) is 15.0. The number of fused-ring (bicyclic) bond motifs is 1. The molecule has 0 saturated carbocycles. The Morgan fingerprint density at radius 1 is 1.14 bits per heavy atom. The number of nitrogens with zero attached hydrogens (tertiary/aromatic N) is 3. The second kappa shape index (κ2) is 13.6. The molecule has 35 heavy (non-hydrogen) atoms. The second-order valence-corrected chi connectivity index (χ2v) is 8.03. The van der Waals surface area contributed by atoms with Crippen molar-refractivity contribution in [1.82, 2.24) is 10.2 Å². The highest BCUT2D eigenvalue weighted by Gasteiger charge is 2.35. The summed E-state index contributed by atoms with van der Waals surface area (Å²) >= 11 is 0. The van der Waals surface area contributed by atoms with E-state index in [-0.39, 0.29) is 11.9 Å². The number of allylic oxidation sites excluding steroid dienone is 1. The number of para-hydroxylation sites is 1. The highest BCUT2D eigenvalue weighted by atomic mass is 16.2. The lowest BCUT2D eigenvalue weighted by Gasteiger charge is -2.34. The van der Waals surface area contributed by atoms with Crippen molar-refractivity contribution in [2.75, 3.05) is 31.3 Å². The fourth-order valence-corrected chi connectivity index (χ4v) is 3.84. The Kier molecular flexibility index (Phi) is 10.6. The number of rotatable bonds is 8. The van der Waals surface area contributed by atoms with Gasteiger partial charge < -0.3 is 20.9 Å². The predicted octanol–water partition coefficient (Wildman–Crippen LogP) is 4.41. The maximum atomic E-state index is 13.1. The molecule has 182 valence electrons. The maximum absolute atomic E-state index is 13.1. The van der Waals surface area contributed by atoms with Gasteiger partial charge in [0.05, 0.1) is 34.6 Å². The topological polar surface area (TPSA) is 104 Å². The van der Waals surface area contributed by atoms with Gasteiger partial charge in [0.2, 0.25) is 5.91 Å². The van der Waals surface area contributed by atoms with Crippen molar-refractivity contribution in [2.45, 2.75) is 39.3 Å². The molecule has 7 nitrogen and oxygen atoms in total. The van der Waals surface area contributed by atoms with Gasteiger partial charge in [-0.15, -0.1) is 0 Å². The Bertz CT molecular complexity index is 1140. The van der Waals surface area contributed by atoms with Gasteiger partial charge >= 0.3 is 0 Å². The van der Waals surface area contributed by atoms with E-state index in [4.69, 9.17) is 5.26 Å². The number of hydrogen-bond acceptors (Lipinski definition) is 6. The average Bonchev–Trinajstić information content (AvgIpc) is 2.87. The van der Waals surface area contributed by atoms with Gasteiger partial charge in [0, 0.05) is 20.3 Å². The molecule has 0 aliphatic carbocycles. The average molecular weight is 471 g/mol. The Labute approximate surface area is 208 Å². The molecule has 0 bridgehead atoms. The minimum Gasteiger partial charge on any atom is -0.383 e. The molecule has 1 heterocycles. The first-order valence-electron chi connectivity index (χ1n) is 11.8. The minimum absolute atomic E-state index is 0.164. The molecule has 1 aliphatic heterocycles. The van der Waals surface area contributed by atoms with Gasteiger partial charge in [-0.25, -0.2) is 0 Å². The number of anilines is 2. The SMILES string of the molecule is CC.CC=C/C(=C\N(C)C)C(NCCc1ccc(C#N)cc1)C1Nc2c(C#N)cccc2NC1=O. The Balaban J connectivity index is 0.00000210. The summed E-state index contributed by atoms with van der Waals surface area (Å²) in [6.07, 6.45) is 6.65. The van der Waals surface area contributed by atoms with Crippen molar-refractivity contribution in [3.05, 3.63) is 83.1 Å². The monoisotopic (exact) mass is 470 g/mol. The normalized spacial score (nSPS) is 15.5. The van der Waals surface area contributed by atoms with Crippen LogP contribution in [0.3, 0.4) is 0 Å². The van der Waals surface area contributed by atoms with Crippen LogP contribution in [0.5, 0.6) is 0 Å². The standard InChI is InChI=1S/C26H28N6O.C2H6/c1-4-6-21(17-32(2)3)24(29-14-13-18-9-11-19(15-27)12-10-18)25-26(33)30-22-8-5-7-20(16-28)23(22)31-25;1-2/h4-12,17,24-25,29,31H,13-14H2,1-3H3,(H,30,33);1-2H3/b6-4?,21-17+;. The van der Waals surface area contributed by atoms with E-state index < -0.39 is 6.04 Å². The number of amides is 1. The van der Waals surface area contributed by atoms with Gasteiger partial charge in [-0.1, -0.05) is 44.2 Å². The molecule has 1 amide bonds. The molecule has 0 saturated heterocycles. The van der Waals surface area contributed by atoms with Crippen LogP contribution in [-0.4, -0.2) is 43.5 Å². The van der Waals surface area contributed by atoms with E-state index >= 15 is 0 Å². The van der Waals surface area contributed by atoms with Crippen LogP contribution in [0.4, 0.5) is 11.4 Å². The highest BCUT2D eigenvalue weighted by molar-refractivity contribution is 6.04. The van der Waals surface area contributed by atoms with Crippen LogP contribution in [0, 0.1) is 22.7 Å². The molecule has 2 unspecified atom stereocenters. The fourth-order valence-electron chi connectivity index (χ4n) is 3.84. The summed E-state index contributed by atoms with van der Waals surface area (Å²) in [5, 5.41) is 28.3. The fraction of sp³-hybridized carbons (Fsp3) is 0.321. The maximum Gasteiger partial charge on any atom is 0.248 e. The van der Waals surface area contributed by atoms with E-state index in [1.165, 1.54) is 0 Å². The van der Waals surface area contributed by atoms with Crippen LogP contribution < -0.4 is 16.0 Å². The molecule has 2 atom stereocenters. The number of carbonyl (C=O) groups is 1. The van der Waals surface area contributed by atoms with Crippen LogP contribution in [0.1, 0.15) is 37.5 Å². The number of benzene rings is 2. The van der Waals surface area contributed by atoms with Gasteiger partial charge in [0.15, 0.2) is 0 Å². The molecular weight excluding hydrogens is 436 g/mol. The van der Waals surface area contributed by atoms with Crippen molar-refractivity contribution in [2.24, 2.45) is 0 Å². The zero-order valence-electron chi connectivity index (χ0n) is 21.1. The Morgan fingerprint density at radius 3 is 2.46 bits per heavy atom. The Hall–Kier alpha value is -4.07. The van der Waals surface area contributed by atoms with Gasteiger partial charge in [-0.2, -0.15) is 10.5 Å². The first-order valence-corrected chi connectivity index (χ1v) is 11.8. The summed E-state index contributed by atoms with van der Waals surface area (Å²) < 4.78 is 0. The van der Waals surface area contributed by atoms with Crippen molar-refractivity contribution in [1.29, 1.82) is 10.5 Å². The minimum atomic E-state index is -0.615. The first kappa shape index (κ1) is 27.2. The van der Waals surface area contributed by atoms with Gasteiger partial charge in [0.1, 0.15) is 12.1 Å². The molecule has 1 aliphatic rings. The smallest absolute Gasteiger partial charge is 0.248 e. The zero-order chi connectivity index (χ0) is 25.8. The summed E-state index contributed by atoms with van der Waals surface area (Å²) in [5.74, 6) is -0.164. The third-order valence-electron chi connectivity index (χ3n) is 5.34. The quantitative estimate of drug-likeness (QED) is 0.494. The third kappa shape index (κ3) is 7.20. The van der Waals surface area contributed by atoms with Crippen LogP contribution >= 0.6 is 0 Å². The van der Waals surface area contributed by atoms with Gasteiger partial charge in [-0.3, -0.25) is 4.79 Å². The molecule has 3 N–H and O–H groups in total. The number of carbonyl (C=O) groups excluding carboxylic acids is 1. The highest BCUT2D eigenvalue weighted by Crippen LogP contribution is 2.31. The van der Waals surface area contributed by atoms with Crippen LogP contribution in [-0.2, 0) is 11.2 Å². The van der Waals surface area contributed by atoms with Crippen molar-refractivity contribution in [3.63, 3.8) is 0 Å². The van der Waals surface area contributed by atoms with E-state index in [1.807, 2.05) is 70.3 Å². The van der Waals surface area contributed by atoms with Crippen molar-refractivity contribution >= 4 is 17.3 Å². The van der Waals surface area contributed by atoms with Crippen molar-refractivity contribution < 1.29 is 4.79 Å². The molecule has 0 spiro atoms. The second-order valence-electron chi connectivity index (χ2n) is 8.03. The van der Waals surface area contributed by atoms with E-state index in [1.54, 1.807) is 30.3 Å². The van der Waals surface area contributed by atoms with Crippen LogP contribution in [0.2, 0.25) is 0 Å². The molecule has 7 heteroatoms. The van der Waals surface area contributed by atoms with E-state index in [0.717, 1.165) is 17.6 Å². The first-order chi connectivity index (χ1) is 17.0. The summed E-state index contributed by atoms with van der Waals surface area (Å²) in [5.41, 5.74) is 4.39. The molecule has 0 aromatic heterocycles. The lowest BCUT2D eigenvalue weighted by Crippen LogP contribution is -2.54. The zero-order valence-corrected chi connectivity index (χ0v) is 21.1. The molecule has 0 radical (unpaired) electrons. The lowest BCUT2D eigenvalue weighted by molar-refractivity contribution is -0.117. The molecular formula is C28H34N6O. The third-order valence-corrected chi connectivity index (χ3v) is 5.34. The van der Waals surface area contributed by atoms with Crippen LogP contribution in [0.15, 0.2) is 66.4 Å². The molecule has 2 aromatic rings.